The Morgan fingerprint density at radius 2 is 2.08 bits per heavy atom. The first-order valence-electron chi connectivity index (χ1n) is 8.70. The molecule has 3 heterocycles. The second-order valence-electron chi connectivity index (χ2n) is 6.65. The number of hydrogen-bond donors (Lipinski definition) is 1. The summed E-state index contributed by atoms with van der Waals surface area (Å²) in [6.45, 7) is 4.78. The van der Waals surface area contributed by atoms with Crippen LogP contribution in [-0.4, -0.2) is 60.1 Å². The Bertz CT molecular complexity index is 973. The molecular formula is C19H22N4O2S. The zero-order valence-corrected chi connectivity index (χ0v) is 15.8. The maximum Gasteiger partial charge on any atom is 0.260 e. The molecule has 1 aromatic carbocycles. The number of aromatic amines is 1. The normalized spacial score (nSPS) is 16.2. The number of nitrogens with zero attached hydrogens (tertiary/aromatic N) is 3. The second kappa shape index (κ2) is 7.19. The average molecular weight is 370 g/mol. The fraction of sp³-hybridized carbons (Fsp3) is 0.368. The van der Waals surface area contributed by atoms with Gasteiger partial charge in [-0.1, -0.05) is 12.1 Å². The molecule has 6 nitrogen and oxygen atoms in total. The highest BCUT2D eigenvalue weighted by molar-refractivity contribution is 7.17. The van der Waals surface area contributed by atoms with Crippen molar-refractivity contribution in [3.63, 3.8) is 0 Å². The number of rotatable bonds is 4. The molecule has 26 heavy (non-hydrogen) atoms. The molecule has 0 unspecified atom stereocenters. The van der Waals surface area contributed by atoms with E-state index < -0.39 is 0 Å². The molecule has 0 bridgehead atoms. The standard InChI is InChI=1S/C19H22N4O2S/c1-22-6-8-23(9-7-22)11-16-20-18(24)17-15(12-26-19(17)21-16)13-4-3-5-14(10-13)25-2/h3-5,10,12H,6-9,11H2,1-2H3,(H,20,21,24). The molecule has 0 aliphatic carbocycles. The summed E-state index contributed by atoms with van der Waals surface area (Å²) in [5.41, 5.74) is 1.80. The Kier molecular flexibility index (Phi) is 4.76. The van der Waals surface area contributed by atoms with Gasteiger partial charge in [-0.15, -0.1) is 11.3 Å². The number of H-pyrrole nitrogens is 1. The molecule has 0 radical (unpaired) electrons. The first-order valence-corrected chi connectivity index (χ1v) is 9.58. The SMILES string of the molecule is COc1cccc(-c2csc3nc(CN4CCN(C)CC4)[nH]c(=O)c23)c1. The summed E-state index contributed by atoms with van der Waals surface area (Å²) in [5, 5.41) is 2.66. The lowest BCUT2D eigenvalue weighted by Crippen LogP contribution is -2.44. The van der Waals surface area contributed by atoms with E-state index in [2.05, 4.69) is 21.8 Å². The highest BCUT2D eigenvalue weighted by Gasteiger charge is 2.17. The van der Waals surface area contributed by atoms with Gasteiger partial charge in [-0.3, -0.25) is 9.69 Å². The Labute approximate surface area is 156 Å². The Morgan fingerprint density at radius 3 is 2.85 bits per heavy atom. The van der Waals surface area contributed by atoms with Crippen molar-refractivity contribution in [2.45, 2.75) is 6.54 Å². The first-order chi connectivity index (χ1) is 12.6. The molecule has 3 aromatic rings. The van der Waals surface area contributed by atoms with Crippen molar-refractivity contribution in [3.8, 4) is 16.9 Å². The van der Waals surface area contributed by atoms with Crippen LogP contribution in [-0.2, 0) is 6.54 Å². The van der Waals surface area contributed by atoms with Crippen LogP contribution in [0, 0.1) is 0 Å². The smallest absolute Gasteiger partial charge is 0.260 e. The fourth-order valence-electron chi connectivity index (χ4n) is 3.29. The Morgan fingerprint density at radius 1 is 1.27 bits per heavy atom. The Balaban J connectivity index is 1.66. The van der Waals surface area contributed by atoms with Crippen LogP contribution in [0.4, 0.5) is 0 Å². The molecular weight excluding hydrogens is 348 g/mol. The van der Waals surface area contributed by atoms with Crippen molar-refractivity contribution in [2.75, 3.05) is 40.3 Å². The lowest BCUT2D eigenvalue weighted by molar-refractivity contribution is 0.145. The number of aromatic nitrogens is 2. The van der Waals surface area contributed by atoms with Crippen LogP contribution in [0.25, 0.3) is 21.3 Å². The van der Waals surface area contributed by atoms with E-state index in [4.69, 9.17) is 9.72 Å². The molecule has 1 aliphatic rings. The number of benzene rings is 1. The van der Waals surface area contributed by atoms with Gasteiger partial charge in [0.25, 0.3) is 5.56 Å². The van der Waals surface area contributed by atoms with Gasteiger partial charge in [-0.05, 0) is 24.7 Å². The molecule has 2 aromatic heterocycles. The van der Waals surface area contributed by atoms with E-state index in [1.807, 2.05) is 29.6 Å². The van der Waals surface area contributed by atoms with E-state index in [1.165, 1.54) is 11.3 Å². The van der Waals surface area contributed by atoms with Gasteiger partial charge in [0.1, 0.15) is 16.4 Å². The predicted octanol–water partition coefficient (Wildman–Crippen LogP) is 2.41. The van der Waals surface area contributed by atoms with Crippen molar-refractivity contribution in [2.24, 2.45) is 0 Å². The quantitative estimate of drug-likeness (QED) is 0.764. The van der Waals surface area contributed by atoms with E-state index >= 15 is 0 Å². The van der Waals surface area contributed by atoms with Crippen molar-refractivity contribution >= 4 is 21.6 Å². The maximum atomic E-state index is 12.8. The average Bonchev–Trinajstić information content (AvgIpc) is 3.08. The third-order valence-corrected chi connectivity index (χ3v) is 5.72. The van der Waals surface area contributed by atoms with Crippen LogP contribution in [0.15, 0.2) is 34.4 Å². The molecule has 1 fully saturated rings. The summed E-state index contributed by atoms with van der Waals surface area (Å²) in [6.07, 6.45) is 0. The maximum absolute atomic E-state index is 12.8. The number of piperazine rings is 1. The molecule has 136 valence electrons. The van der Waals surface area contributed by atoms with Crippen LogP contribution in [0.3, 0.4) is 0 Å². The fourth-order valence-corrected chi connectivity index (χ4v) is 4.26. The molecule has 0 atom stereocenters. The van der Waals surface area contributed by atoms with Crippen LogP contribution in [0.1, 0.15) is 5.82 Å². The summed E-state index contributed by atoms with van der Waals surface area (Å²) in [6, 6.07) is 7.76. The molecule has 0 saturated carbocycles. The summed E-state index contributed by atoms with van der Waals surface area (Å²) in [4.78, 5) is 25.9. The van der Waals surface area contributed by atoms with Crippen molar-refractivity contribution in [3.05, 3.63) is 45.8 Å². The van der Waals surface area contributed by atoms with Gasteiger partial charge in [0, 0.05) is 37.1 Å². The summed E-state index contributed by atoms with van der Waals surface area (Å²) < 4.78 is 5.30. The van der Waals surface area contributed by atoms with E-state index in [-0.39, 0.29) is 5.56 Å². The van der Waals surface area contributed by atoms with E-state index in [1.54, 1.807) is 7.11 Å². The number of fused-ring (bicyclic) bond motifs is 1. The van der Waals surface area contributed by atoms with Gasteiger partial charge in [-0.2, -0.15) is 0 Å². The number of thiophene rings is 1. The molecule has 0 amide bonds. The number of methoxy groups -OCH3 is 1. The van der Waals surface area contributed by atoms with Crippen molar-refractivity contribution in [1.82, 2.24) is 19.8 Å². The topological polar surface area (TPSA) is 61.5 Å². The van der Waals surface area contributed by atoms with Crippen LogP contribution >= 0.6 is 11.3 Å². The Hall–Kier alpha value is -2.22. The lowest BCUT2D eigenvalue weighted by atomic mass is 10.1. The van der Waals surface area contributed by atoms with Gasteiger partial charge in [0.2, 0.25) is 0 Å². The molecule has 1 aliphatic heterocycles. The minimum Gasteiger partial charge on any atom is -0.497 e. The zero-order chi connectivity index (χ0) is 18.1. The van der Waals surface area contributed by atoms with E-state index in [9.17, 15) is 4.79 Å². The second-order valence-corrected chi connectivity index (χ2v) is 7.51. The van der Waals surface area contributed by atoms with Gasteiger partial charge >= 0.3 is 0 Å². The van der Waals surface area contributed by atoms with Gasteiger partial charge < -0.3 is 14.6 Å². The third-order valence-electron chi connectivity index (χ3n) is 4.84. The van der Waals surface area contributed by atoms with Crippen molar-refractivity contribution < 1.29 is 4.74 Å². The van der Waals surface area contributed by atoms with Crippen LogP contribution < -0.4 is 10.3 Å². The van der Waals surface area contributed by atoms with E-state index in [0.717, 1.165) is 53.7 Å². The van der Waals surface area contributed by atoms with Gasteiger partial charge in [0.05, 0.1) is 19.0 Å². The minimum absolute atomic E-state index is 0.0711. The number of ether oxygens (including phenoxy) is 1. The molecule has 1 saturated heterocycles. The van der Waals surface area contributed by atoms with Gasteiger partial charge in [-0.25, -0.2) is 4.98 Å². The minimum atomic E-state index is -0.0711. The molecule has 7 heteroatoms. The zero-order valence-electron chi connectivity index (χ0n) is 15.0. The first kappa shape index (κ1) is 17.2. The number of likely N-dealkylation sites (N-methyl/N-ethyl adjacent to an activating group) is 1. The molecule has 1 N–H and O–H groups in total. The van der Waals surface area contributed by atoms with E-state index in [0.29, 0.717) is 11.9 Å². The summed E-state index contributed by atoms with van der Waals surface area (Å²) in [7, 11) is 3.78. The highest BCUT2D eigenvalue weighted by Crippen LogP contribution is 2.32. The third kappa shape index (κ3) is 3.38. The van der Waals surface area contributed by atoms with Crippen molar-refractivity contribution in [1.29, 1.82) is 0 Å². The number of nitrogens with one attached hydrogen (secondary N) is 1. The monoisotopic (exact) mass is 370 g/mol. The highest BCUT2D eigenvalue weighted by atomic mass is 32.1. The molecule has 0 spiro atoms. The largest absolute Gasteiger partial charge is 0.497 e. The van der Waals surface area contributed by atoms with Crippen LogP contribution in [0.2, 0.25) is 0 Å². The van der Waals surface area contributed by atoms with Crippen LogP contribution in [0.5, 0.6) is 5.75 Å². The lowest BCUT2D eigenvalue weighted by Gasteiger charge is -2.31. The predicted molar refractivity (Wildman–Crippen MR) is 105 cm³/mol. The summed E-state index contributed by atoms with van der Waals surface area (Å²) in [5.74, 6) is 1.52. The van der Waals surface area contributed by atoms with Gasteiger partial charge in [0.15, 0.2) is 0 Å². The summed E-state index contributed by atoms with van der Waals surface area (Å²) >= 11 is 1.51. The number of hydrogen-bond acceptors (Lipinski definition) is 6. The molecule has 4 rings (SSSR count).